The lowest BCUT2D eigenvalue weighted by Crippen LogP contribution is -2.26. The predicted octanol–water partition coefficient (Wildman–Crippen LogP) is 1.50. The monoisotopic (exact) mass is 402 g/mol. The van der Waals surface area contributed by atoms with Crippen LogP contribution in [0.25, 0.3) is 23.0 Å². The van der Waals surface area contributed by atoms with Gasteiger partial charge in [-0.3, -0.25) is 19.2 Å². The number of Topliss-reactive ketones (excluding diaryl/α,β-unsaturated/α-hetero) is 1. The number of oxazole rings is 1. The van der Waals surface area contributed by atoms with Gasteiger partial charge in [0.05, 0.1) is 5.75 Å². The van der Waals surface area contributed by atoms with Crippen LogP contribution < -0.4 is 4.31 Å². The van der Waals surface area contributed by atoms with Gasteiger partial charge in [0.1, 0.15) is 12.1 Å². The number of rotatable bonds is 5. The highest BCUT2D eigenvalue weighted by atomic mass is 32.2. The summed E-state index contributed by atoms with van der Waals surface area (Å²) >= 11 is 0. The summed E-state index contributed by atoms with van der Waals surface area (Å²) in [7, 11) is -3.46. The first-order valence-electron chi connectivity index (χ1n) is 8.67. The predicted molar refractivity (Wildman–Crippen MR) is 100.0 cm³/mol. The van der Waals surface area contributed by atoms with E-state index in [-0.39, 0.29) is 41.3 Å². The van der Waals surface area contributed by atoms with E-state index in [4.69, 9.17) is 4.42 Å². The third-order valence-electron chi connectivity index (χ3n) is 4.40. The minimum absolute atomic E-state index is 0.0131. The fourth-order valence-corrected chi connectivity index (χ4v) is 4.60. The molecule has 3 aromatic heterocycles. The molecule has 0 radical (unpaired) electrons. The second-order valence-electron chi connectivity index (χ2n) is 6.62. The first-order chi connectivity index (χ1) is 13.3. The molecule has 1 aliphatic rings. The third kappa shape index (κ3) is 3.28. The van der Waals surface area contributed by atoms with Crippen LogP contribution in [0.4, 0.5) is 5.82 Å². The van der Waals surface area contributed by atoms with Gasteiger partial charge < -0.3 is 4.42 Å². The summed E-state index contributed by atoms with van der Waals surface area (Å²) in [5, 5.41) is 6.50. The lowest BCUT2D eigenvalue weighted by atomic mass is 10.1. The van der Waals surface area contributed by atoms with Crippen LogP contribution in [0.3, 0.4) is 0 Å². The van der Waals surface area contributed by atoms with Crippen molar-refractivity contribution in [2.24, 2.45) is 0 Å². The van der Waals surface area contributed by atoms with E-state index in [1.807, 2.05) is 6.92 Å². The molecule has 28 heavy (non-hydrogen) atoms. The van der Waals surface area contributed by atoms with E-state index in [0.717, 1.165) is 5.56 Å². The molecular weight excluding hydrogens is 384 g/mol. The Hall–Kier alpha value is -3.08. The Morgan fingerprint density at radius 3 is 2.82 bits per heavy atom. The van der Waals surface area contributed by atoms with Gasteiger partial charge in [0.2, 0.25) is 21.7 Å². The molecule has 146 valence electrons. The number of anilines is 1. The number of carbonyl (C=O) groups excluding carboxylic acids is 1. The van der Waals surface area contributed by atoms with E-state index in [1.165, 1.54) is 17.6 Å². The van der Waals surface area contributed by atoms with E-state index in [2.05, 4.69) is 25.1 Å². The highest BCUT2D eigenvalue weighted by Gasteiger charge is 2.35. The van der Waals surface area contributed by atoms with Crippen molar-refractivity contribution in [1.82, 2.24) is 25.1 Å². The molecular formula is C17H18N6O4S. The summed E-state index contributed by atoms with van der Waals surface area (Å²) in [4.78, 5) is 24.2. The summed E-state index contributed by atoms with van der Waals surface area (Å²) in [5.41, 5.74) is 2.01. The largest absolute Gasteiger partial charge is 0.430 e. The number of H-pyrrole nitrogens is 1. The molecule has 0 atom stereocenters. The topological polar surface area (TPSA) is 135 Å². The van der Waals surface area contributed by atoms with Gasteiger partial charge in [0.25, 0.3) is 0 Å². The van der Waals surface area contributed by atoms with Crippen molar-refractivity contribution in [1.29, 1.82) is 0 Å². The second-order valence-corrected chi connectivity index (χ2v) is 8.63. The minimum Gasteiger partial charge on any atom is -0.430 e. The van der Waals surface area contributed by atoms with Crippen LogP contribution in [0.2, 0.25) is 0 Å². The number of sulfonamides is 1. The molecule has 1 saturated heterocycles. The Morgan fingerprint density at radius 1 is 1.36 bits per heavy atom. The van der Waals surface area contributed by atoms with Crippen LogP contribution in [0, 0.1) is 6.92 Å². The van der Waals surface area contributed by atoms with Crippen molar-refractivity contribution in [3.05, 3.63) is 29.8 Å². The van der Waals surface area contributed by atoms with Crippen molar-refractivity contribution in [2.75, 3.05) is 16.6 Å². The Bertz CT molecular complexity index is 1140. The van der Waals surface area contributed by atoms with Crippen LogP contribution >= 0.6 is 0 Å². The number of aromatic nitrogens is 5. The molecule has 1 N–H and O–H groups in total. The number of hydrogen-bond donors (Lipinski definition) is 1. The molecule has 1 aliphatic heterocycles. The standard InChI is InChI=1S/C17H18N6O4S/c1-10-8-18-12(6-11(2)24)7-13(10)17-21-16(23-4-3-5-28(23,25)26)14(27-17)15-19-9-20-22-15/h7-9H,3-6H2,1-2H3,(H,19,20,22). The number of pyridine rings is 1. The van der Waals surface area contributed by atoms with E-state index >= 15 is 0 Å². The SMILES string of the molecule is CC(=O)Cc1cc(-c2nc(N3CCCS3(=O)=O)c(-c3ncn[nH]3)o2)c(C)cn1. The number of aryl methyl sites for hydroxylation is 1. The lowest BCUT2D eigenvalue weighted by Gasteiger charge is -2.13. The van der Waals surface area contributed by atoms with E-state index in [0.29, 0.717) is 24.2 Å². The lowest BCUT2D eigenvalue weighted by molar-refractivity contribution is -0.116. The molecule has 0 aliphatic carbocycles. The minimum atomic E-state index is -3.46. The fraction of sp³-hybridized carbons (Fsp3) is 0.353. The highest BCUT2D eigenvalue weighted by Crippen LogP contribution is 2.37. The summed E-state index contributed by atoms with van der Waals surface area (Å²) in [6.45, 7) is 3.65. The Morgan fingerprint density at radius 2 is 2.18 bits per heavy atom. The normalized spacial score (nSPS) is 15.9. The zero-order valence-electron chi connectivity index (χ0n) is 15.3. The molecule has 0 spiro atoms. The highest BCUT2D eigenvalue weighted by molar-refractivity contribution is 7.93. The number of nitrogens with zero attached hydrogens (tertiary/aromatic N) is 5. The van der Waals surface area contributed by atoms with Gasteiger partial charge >= 0.3 is 0 Å². The maximum atomic E-state index is 12.4. The average Bonchev–Trinajstić information content (AvgIpc) is 3.34. The van der Waals surface area contributed by atoms with Crippen LogP contribution in [0.5, 0.6) is 0 Å². The molecule has 3 aromatic rings. The Labute approximate surface area is 161 Å². The first-order valence-corrected chi connectivity index (χ1v) is 10.3. The van der Waals surface area contributed by atoms with Crippen molar-refractivity contribution in [3.8, 4) is 23.0 Å². The maximum Gasteiger partial charge on any atom is 0.236 e. The molecule has 0 saturated carbocycles. The van der Waals surface area contributed by atoms with Gasteiger partial charge in [-0.15, -0.1) is 0 Å². The zero-order valence-corrected chi connectivity index (χ0v) is 16.2. The quantitative estimate of drug-likeness (QED) is 0.678. The molecule has 0 amide bonds. The molecule has 1 fully saturated rings. The average molecular weight is 402 g/mol. The van der Waals surface area contributed by atoms with Gasteiger partial charge in [0, 0.05) is 30.4 Å². The molecule has 11 heteroatoms. The van der Waals surface area contributed by atoms with Gasteiger partial charge in [-0.05, 0) is 31.9 Å². The third-order valence-corrected chi connectivity index (χ3v) is 6.23. The molecule has 4 rings (SSSR count). The van der Waals surface area contributed by atoms with Crippen molar-refractivity contribution in [3.63, 3.8) is 0 Å². The van der Waals surface area contributed by atoms with Crippen LogP contribution in [-0.4, -0.2) is 51.6 Å². The molecule has 10 nitrogen and oxygen atoms in total. The molecule has 0 unspecified atom stereocenters. The van der Waals surface area contributed by atoms with Gasteiger partial charge in [0.15, 0.2) is 11.6 Å². The van der Waals surface area contributed by atoms with Gasteiger partial charge in [-0.2, -0.15) is 10.1 Å². The summed E-state index contributed by atoms with van der Waals surface area (Å²) in [6.07, 6.45) is 3.65. The van der Waals surface area contributed by atoms with E-state index in [9.17, 15) is 13.2 Å². The molecule has 0 aromatic carbocycles. The zero-order chi connectivity index (χ0) is 19.9. The second kappa shape index (κ2) is 6.82. The molecule has 4 heterocycles. The van der Waals surface area contributed by atoms with Crippen LogP contribution in [-0.2, 0) is 21.2 Å². The number of hydrogen-bond acceptors (Lipinski definition) is 8. The van der Waals surface area contributed by atoms with Crippen molar-refractivity contribution >= 4 is 21.6 Å². The summed E-state index contributed by atoms with van der Waals surface area (Å²) < 4.78 is 32.0. The van der Waals surface area contributed by atoms with Crippen LogP contribution in [0.1, 0.15) is 24.6 Å². The summed E-state index contributed by atoms with van der Waals surface area (Å²) in [6, 6.07) is 1.73. The van der Waals surface area contributed by atoms with E-state index < -0.39 is 10.0 Å². The van der Waals surface area contributed by atoms with E-state index in [1.54, 1.807) is 12.3 Å². The smallest absolute Gasteiger partial charge is 0.236 e. The Kier molecular flexibility index (Phi) is 4.46. The first kappa shape index (κ1) is 18.3. The van der Waals surface area contributed by atoms with Crippen LogP contribution in [0.15, 0.2) is 23.0 Å². The van der Waals surface area contributed by atoms with Crippen molar-refractivity contribution < 1.29 is 17.6 Å². The maximum absolute atomic E-state index is 12.4. The number of nitrogens with one attached hydrogen (secondary N) is 1. The molecule has 0 bridgehead atoms. The summed E-state index contributed by atoms with van der Waals surface area (Å²) in [5.74, 6) is 0.929. The van der Waals surface area contributed by atoms with Gasteiger partial charge in [-0.25, -0.2) is 13.4 Å². The van der Waals surface area contributed by atoms with Gasteiger partial charge in [-0.1, -0.05) is 0 Å². The number of aromatic amines is 1. The number of carbonyl (C=O) groups is 1. The van der Waals surface area contributed by atoms with Crippen molar-refractivity contribution in [2.45, 2.75) is 26.7 Å². The number of ketones is 1. The Balaban J connectivity index is 1.86. The fourth-order valence-electron chi connectivity index (χ4n) is 3.09.